The minimum atomic E-state index is -0.774. The molecule has 0 atom stereocenters. The fourth-order valence-electron chi connectivity index (χ4n) is 3.75. The summed E-state index contributed by atoms with van der Waals surface area (Å²) in [4.78, 5) is 38.3. The highest BCUT2D eigenvalue weighted by Crippen LogP contribution is 2.27. The summed E-state index contributed by atoms with van der Waals surface area (Å²) in [5, 5.41) is 2.82. The van der Waals surface area contributed by atoms with Gasteiger partial charge in [0.05, 0.1) is 31.6 Å². The summed E-state index contributed by atoms with van der Waals surface area (Å²) in [6, 6.07) is 13.5. The third-order valence-electron chi connectivity index (χ3n) is 6.16. The molecule has 1 amide bonds. The van der Waals surface area contributed by atoms with E-state index in [9.17, 15) is 14.4 Å². The van der Waals surface area contributed by atoms with Gasteiger partial charge in [0.2, 0.25) is 5.76 Å². The first kappa shape index (κ1) is 33.4. The zero-order chi connectivity index (χ0) is 29.7. The molecule has 0 aliphatic carbocycles. The first-order chi connectivity index (χ1) is 20.0. The molecule has 1 N–H and O–H groups in total. The van der Waals surface area contributed by atoms with E-state index in [1.54, 1.807) is 48.5 Å². The predicted octanol–water partition coefficient (Wildman–Crippen LogP) is 7.63. The minimum Gasteiger partial charge on any atom is -0.494 e. The molecule has 0 bridgehead atoms. The quantitative estimate of drug-likeness (QED) is 0.0760. The standard InChI is InChI=1S/C33H45NO7/c1-4-7-10-14-23-39-31(35)25-30(33(37)40-24-15-11-8-5-2)41-29-17-13-12-16-28(29)34-32(36)26-18-20-27(21-19-26)38-22-9-6-3/h12-13,16-21,25H,4-11,14-15,22-24H2,1-3H3,(H,34,36)/b30-25+. The number of rotatable bonds is 20. The van der Waals surface area contributed by atoms with E-state index in [0.29, 0.717) is 30.0 Å². The number of carbonyl (C=O) groups is 3. The Labute approximate surface area is 244 Å². The van der Waals surface area contributed by atoms with Crippen molar-refractivity contribution in [2.75, 3.05) is 25.1 Å². The van der Waals surface area contributed by atoms with Crippen LogP contribution in [0.1, 0.15) is 95.3 Å². The molecule has 2 aromatic rings. The summed E-state index contributed by atoms with van der Waals surface area (Å²) in [6.07, 6.45) is 10.6. The van der Waals surface area contributed by atoms with Gasteiger partial charge in [-0.05, 0) is 55.7 Å². The fourth-order valence-corrected chi connectivity index (χ4v) is 3.75. The molecule has 2 rings (SSSR count). The van der Waals surface area contributed by atoms with Crippen LogP contribution in [-0.2, 0) is 19.1 Å². The Morgan fingerprint density at radius 1 is 0.707 bits per heavy atom. The molecule has 2 aromatic carbocycles. The molecule has 0 aliphatic rings. The highest BCUT2D eigenvalue weighted by molar-refractivity contribution is 6.05. The summed E-state index contributed by atoms with van der Waals surface area (Å²) in [5.74, 6) is -1.26. The van der Waals surface area contributed by atoms with Crippen molar-refractivity contribution in [2.24, 2.45) is 0 Å². The average Bonchev–Trinajstić information content (AvgIpc) is 2.98. The zero-order valence-electron chi connectivity index (χ0n) is 24.7. The van der Waals surface area contributed by atoms with Crippen molar-refractivity contribution in [3.05, 3.63) is 65.9 Å². The number of anilines is 1. The van der Waals surface area contributed by atoms with Gasteiger partial charge >= 0.3 is 11.9 Å². The molecular weight excluding hydrogens is 522 g/mol. The van der Waals surface area contributed by atoms with Gasteiger partial charge in [0, 0.05) is 5.56 Å². The minimum absolute atomic E-state index is 0.185. The fraction of sp³-hybridized carbons (Fsp3) is 0.485. The Morgan fingerprint density at radius 3 is 2.00 bits per heavy atom. The first-order valence-electron chi connectivity index (χ1n) is 14.8. The van der Waals surface area contributed by atoms with Crippen LogP contribution in [0.3, 0.4) is 0 Å². The summed E-state index contributed by atoms with van der Waals surface area (Å²) >= 11 is 0. The van der Waals surface area contributed by atoms with Gasteiger partial charge in [-0.1, -0.05) is 77.8 Å². The molecule has 0 unspecified atom stereocenters. The maximum Gasteiger partial charge on any atom is 0.374 e. The summed E-state index contributed by atoms with van der Waals surface area (Å²) in [7, 11) is 0. The number of carbonyl (C=O) groups excluding carboxylic acids is 3. The van der Waals surface area contributed by atoms with Crippen LogP contribution < -0.4 is 14.8 Å². The van der Waals surface area contributed by atoms with Gasteiger partial charge < -0.3 is 24.3 Å². The molecular formula is C33H45NO7. The van der Waals surface area contributed by atoms with Crippen LogP contribution in [0.4, 0.5) is 5.69 Å². The lowest BCUT2D eigenvalue weighted by Gasteiger charge is -2.14. The lowest BCUT2D eigenvalue weighted by Crippen LogP contribution is -2.18. The third-order valence-corrected chi connectivity index (χ3v) is 6.16. The molecule has 0 fully saturated rings. The summed E-state index contributed by atoms with van der Waals surface area (Å²) in [6.45, 7) is 7.38. The van der Waals surface area contributed by atoms with E-state index in [0.717, 1.165) is 63.9 Å². The van der Waals surface area contributed by atoms with Gasteiger partial charge in [-0.25, -0.2) is 9.59 Å². The maximum atomic E-state index is 13.0. The number of amides is 1. The second-order valence-electron chi connectivity index (χ2n) is 9.71. The topological polar surface area (TPSA) is 100 Å². The van der Waals surface area contributed by atoms with Gasteiger partial charge in [-0.15, -0.1) is 0 Å². The number of nitrogens with one attached hydrogen (secondary N) is 1. The number of unbranched alkanes of at least 4 members (excludes halogenated alkanes) is 7. The molecule has 224 valence electrons. The van der Waals surface area contributed by atoms with E-state index in [-0.39, 0.29) is 30.6 Å². The van der Waals surface area contributed by atoms with E-state index in [2.05, 4.69) is 26.1 Å². The second-order valence-corrected chi connectivity index (χ2v) is 9.71. The molecule has 8 heteroatoms. The van der Waals surface area contributed by atoms with Crippen LogP contribution in [0.25, 0.3) is 0 Å². The molecule has 0 radical (unpaired) electrons. The number of ether oxygens (including phenoxy) is 4. The van der Waals surface area contributed by atoms with Crippen molar-refractivity contribution in [1.82, 2.24) is 0 Å². The first-order valence-corrected chi connectivity index (χ1v) is 14.8. The van der Waals surface area contributed by atoms with Crippen LogP contribution >= 0.6 is 0 Å². The Bertz CT molecular complexity index is 1100. The maximum absolute atomic E-state index is 13.0. The van der Waals surface area contributed by atoms with Gasteiger partial charge in [-0.2, -0.15) is 0 Å². The van der Waals surface area contributed by atoms with E-state index in [1.807, 2.05) is 0 Å². The Balaban J connectivity index is 2.12. The van der Waals surface area contributed by atoms with Crippen molar-refractivity contribution in [1.29, 1.82) is 0 Å². The van der Waals surface area contributed by atoms with E-state index >= 15 is 0 Å². The van der Waals surface area contributed by atoms with Gasteiger partial charge in [0.1, 0.15) is 5.75 Å². The lowest BCUT2D eigenvalue weighted by molar-refractivity contribution is -0.143. The van der Waals surface area contributed by atoms with Crippen LogP contribution in [-0.4, -0.2) is 37.7 Å². The molecule has 0 spiro atoms. The smallest absolute Gasteiger partial charge is 0.374 e. The Kier molecular flexibility index (Phi) is 16.4. The van der Waals surface area contributed by atoms with Crippen molar-refractivity contribution in [3.63, 3.8) is 0 Å². The van der Waals surface area contributed by atoms with Crippen molar-refractivity contribution >= 4 is 23.5 Å². The normalized spacial score (nSPS) is 11.0. The highest BCUT2D eigenvalue weighted by Gasteiger charge is 2.19. The molecule has 0 aromatic heterocycles. The van der Waals surface area contributed by atoms with Crippen LogP contribution in [0.2, 0.25) is 0 Å². The molecule has 0 saturated heterocycles. The number of para-hydroxylation sites is 2. The lowest BCUT2D eigenvalue weighted by atomic mass is 10.2. The molecule has 41 heavy (non-hydrogen) atoms. The van der Waals surface area contributed by atoms with Gasteiger partial charge in [0.15, 0.2) is 5.75 Å². The Morgan fingerprint density at radius 2 is 1.34 bits per heavy atom. The molecule has 0 saturated carbocycles. The highest BCUT2D eigenvalue weighted by atomic mass is 16.6. The molecule has 8 nitrogen and oxygen atoms in total. The third kappa shape index (κ3) is 13.4. The van der Waals surface area contributed by atoms with E-state index < -0.39 is 11.9 Å². The summed E-state index contributed by atoms with van der Waals surface area (Å²) in [5.41, 5.74) is 0.756. The molecule has 0 aliphatic heterocycles. The number of hydrogen-bond acceptors (Lipinski definition) is 7. The number of hydrogen-bond donors (Lipinski definition) is 1. The average molecular weight is 568 g/mol. The predicted molar refractivity (Wildman–Crippen MR) is 160 cm³/mol. The van der Waals surface area contributed by atoms with Gasteiger partial charge in [-0.3, -0.25) is 4.79 Å². The number of benzene rings is 2. The second kappa shape index (κ2) is 20.1. The van der Waals surface area contributed by atoms with Crippen LogP contribution in [0, 0.1) is 0 Å². The van der Waals surface area contributed by atoms with E-state index in [4.69, 9.17) is 18.9 Å². The SMILES string of the molecule is CCCCCCOC(=O)/C=C(/Oc1ccccc1NC(=O)c1ccc(OCCCC)cc1)C(=O)OCCCCCC. The van der Waals surface area contributed by atoms with E-state index in [1.165, 1.54) is 0 Å². The monoisotopic (exact) mass is 567 g/mol. The van der Waals surface area contributed by atoms with Gasteiger partial charge in [0.25, 0.3) is 5.91 Å². The van der Waals surface area contributed by atoms with Crippen molar-refractivity contribution < 1.29 is 33.3 Å². The number of esters is 2. The van der Waals surface area contributed by atoms with Crippen molar-refractivity contribution in [3.8, 4) is 11.5 Å². The molecule has 0 heterocycles. The summed E-state index contributed by atoms with van der Waals surface area (Å²) < 4.78 is 22.2. The van der Waals surface area contributed by atoms with Crippen LogP contribution in [0.5, 0.6) is 11.5 Å². The van der Waals surface area contributed by atoms with Crippen molar-refractivity contribution in [2.45, 2.75) is 85.0 Å². The van der Waals surface area contributed by atoms with Crippen LogP contribution in [0.15, 0.2) is 60.4 Å². The Hall–Kier alpha value is -3.81. The largest absolute Gasteiger partial charge is 0.494 e. The zero-order valence-corrected chi connectivity index (χ0v) is 24.7.